The molecule has 1 saturated heterocycles. The van der Waals surface area contributed by atoms with E-state index in [1.165, 1.54) is 17.8 Å². The molecule has 2 heterocycles. The summed E-state index contributed by atoms with van der Waals surface area (Å²) in [5.74, 6) is 1.33. The van der Waals surface area contributed by atoms with Gasteiger partial charge in [-0.3, -0.25) is 15.0 Å². The standard InChI is InChI=1S/C20H27N3O2S/c1-14-7-15(2)10-23(9-14)11-18-13-26-20(21-18)22-19(24)17-6-4-5-16(8-17)12-25-3/h4-6,8,13-15H,7,9-12H2,1-3H3,(H,21,22,24). The molecule has 2 atom stereocenters. The van der Waals surface area contributed by atoms with E-state index in [2.05, 4.69) is 29.0 Å². The molecule has 1 fully saturated rings. The molecule has 140 valence electrons. The van der Waals surface area contributed by atoms with Gasteiger partial charge in [0.15, 0.2) is 5.13 Å². The van der Waals surface area contributed by atoms with E-state index in [-0.39, 0.29) is 5.91 Å². The number of carbonyl (C=O) groups is 1. The number of piperidine rings is 1. The van der Waals surface area contributed by atoms with Crippen molar-refractivity contribution in [3.8, 4) is 0 Å². The number of ether oxygens (including phenoxy) is 1. The molecule has 6 heteroatoms. The van der Waals surface area contributed by atoms with E-state index in [1.54, 1.807) is 13.2 Å². The Morgan fingerprint density at radius 3 is 2.85 bits per heavy atom. The normalized spacial score (nSPS) is 20.9. The molecule has 26 heavy (non-hydrogen) atoms. The fourth-order valence-corrected chi connectivity index (χ4v) is 4.42. The van der Waals surface area contributed by atoms with Crippen molar-refractivity contribution >= 4 is 22.4 Å². The summed E-state index contributed by atoms with van der Waals surface area (Å²) < 4.78 is 5.12. The summed E-state index contributed by atoms with van der Waals surface area (Å²) in [6.07, 6.45) is 1.30. The molecule has 3 rings (SSSR count). The van der Waals surface area contributed by atoms with Crippen molar-refractivity contribution in [3.05, 3.63) is 46.5 Å². The van der Waals surface area contributed by atoms with Gasteiger partial charge in [0, 0.05) is 37.7 Å². The second kappa shape index (κ2) is 8.75. The van der Waals surface area contributed by atoms with Crippen molar-refractivity contribution in [3.63, 3.8) is 0 Å². The summed E-state index contributed by atoms with van der Waals surface area (Å²) in [6, 6.07) is 7.47. The van der Waals surface area contributed by atoms with Gasteiger partial charge in [-0.05, 0) is 36.0 Å². The summed E-state index contributed by atoms with van der Waals surface area (Å²) in [7, 11) is 1.65. The quantitative estimate of drug-likeness (QED) is 0.831. The lowest BCUT2D eigenvalue weighted by Crippen LogP contribution is -2.38. The zero-order valence-corrected chi connectivity index (χ0v) is 16.5. The van der Waals surface area contributed by atoms with Gasteiger partial charge in [0.1, 0.15) is 0 Å². The minimum Gasteiger partial charge on any atom is -0.380 e. The van der Waals surface area contributed by atoms with Crippen molar-refractivity contribution in [2.24, 2.45) is 11.8 Å². The van der Waals surface area contributed by atoms with E-state index in [4.69, 9.17) is 4.74 Å². The molecule has 5 nitrogen and oxygen atoms in total. The third-order valence-corrected chi connectivity index (χ3v) is 5.41. The molecule has 1 aromatic carbocycles. The summed E-state index contributed by atoms with van der Waals surface area (Å²) in [5, 5.41) is 5.61. The van der Waals surface area contributed by atoms with Gasteiger partial charge in [-0.2, -0.15) is 0 Å². The first kappa shape index (κ1) is 19.0. The Morgan fingerprint density at radius 2 is 2.12 bits per heavy atom. The lowest BCUT2D eigenvalue weighted by Gasteiger charge is -2.34. The molecule has 1 aromatic heterocycles. The first-order valence-corrected chi connectivity index (χ1v) is 9.97. The number of rotatable bonds is 6. The maximum absolute atomic E-state index is 12.5. The van der Waals surface area contributed by atoms with E-state index in [0.717, 1.165) is 42.7 Å². The topological polar surface area (TPSA) is 54.5 Å². The van der Waals surface area contributed by atoms with Gasteiger partial charge in [-0.1, -0.05) is 26.0 Å². The number of nitrogens with zero attached hydrogens (tertiary/aromatic N) is 2. The Kier molecular flexibility index (Phi) is 6.40. The molecule has 1 aliphatic rings. The Bertz CT molecular complexity index is 736. The van der Waals surface area contributed by atoms with Crippen LogP contribution in [0.15, 0.2) is 29.6 Å². The highest BCUT2D eigenvalue weighted by Gasteiger charge is 2.22. The number of hydrogen-bond acceptors (Lipinski definition) is 5. The molecule has 2 aromatic rings. The van der Waals surface area contributed by atoms with Crippen molar-refractivity contribution in [1.29, 1.82) is 0 Å². The number of methoxy groups -OCH3 is 1. The van der Waals surface area contributed by atoms with Crippen molar-refractivity contribution in [1.82, 2.24) is 9.88 Å². The third-order valence-electron chi connectivity index (χ3n) is 4.60. The second-order valence-electron chi connectivity index (χ2n) is 7.37. The first-order chi connectivity index (χ1) is 12.5. The van der Waals surface area contributed by atoms with Crippen LogP contribution in [-0.4, -0.2) is 36.0 Å². The number of hydrogen-bond donors (Lipinski definition) is 1. The summed E-state index contributed by atoms with van der Waals surface area (Å²) in [4.78, 5) is 19.5. The highest BCUT2D eigenvalue weighted by atomic mass is 32.1. The van der Waals surface area contributed by atoms with Crippen molar-refractivity contribution < 1.29 is 9.53 Å². The lowest BCUT2D eigenvalue weighted by atomic mass is 9.92. The monoisotopic (exact) mass is 373 g/mol. The number of thiazole rings is 1. The Morgan fingerprint density at radius 1 is 1.35 bits per heavy atom. The van der Waals surface area contributed by atoms with Gasteiger partial charge in [0.05, 0.1) is 12.3 Å². The Labute approximate surface area is 159 Å². The summed E-state index contributed by atoms with van der Waals surface area (Å²) in [6.45, 7) is 8.21. The van der Waals surface area contributed by atoms with Gasteiger partial charge >= 0.3 is 0 Å². The van der Waals surface area contributed by atoms with Gasteiger partial charge in [-0.15, -0.1) is 11.3 Å². The van der Waals surface area contributed by atoms with Crippen LogP contribution in [0.4, 0.5) is 5.13 Å². The molecule has 1 amide bonds. The van der Waals surface area contributed by atoms with Crippen LogP contribution in [0.3, 0.4) is 0 Å². The molecule has 0 spiro atoms. The average molecular weight is 374 g/mol. The summed E-state index contributed by atoms with van der Waals surface area (Å²) >= 11 is 1.48. The molecule has 2 unspecified atom stereocenters. The number of anilines is 1. The highest BCUT2D eigenvalue weighted by molar-refractivity contribution is 7.13. The van der Waals surface area contributed by atoms with E-state index >= 15 is 0 Å². The van der Waals surface area contributed by atoms with Crippen LogP contribution in [0.5, 0.6) is 0 Å². The molecular formula is C20H27N3O2S. The molecule has 1 aliphatic heterocycles. The average Bonchev–Trinajstić information content (AvgIpc) is 3.01. The van der Waals surface area contributed by atoms with E-state index in [0.29, 0.717) is 17.3 Å². The van der Waals surface area contributed by atoms with Crippen LogP contribution in [0.1, 0.15) is 41.9 Å². The predicted octanol–water partition coefficient (Wildman–Crippen LogP) is 4.02. The van der Waals surface area contributed by atoms with Crippen molar-refractivity contribution in [2.75, 3.05) is 25.5 Å². The number of likely N-dealkylation sites (tertiary alicyclic amines) is 1. The third kappa shape index (κ3) is 5.13. The van der Waals surface area contributed by atoms with Crippen LogP contribution in [0.2, 0.25) is 0 Å². The van der Waals surface area contributed by atoms with E-state index in [9.17, 15) is 4.79 Å². The Balaban J connectivity index is 1.59. The largest absolute Gasteiger partial charge is 0.380 e. The zero-order chi connectivity index (χ0) is 18.5. The van der Waals surface area contributed by atoms with Gasteiger partial charge in [-0.25, -0.2) is 4.98 Å². The predicted molar refractivity (Wildman–Crippen MR) is 105 cm³/mol. The molecule has 0 aliphatic carbocycles. The van der Waals surface area contributed by atoms with Crippen LogP contribution >= 0.6 is 11.3 Å². The smallest absolute Gasteiger partial charge is 0.257 e. The summed E-state index contributed by atoms with van der Waals surface area (Å²) in [5.41, 5.74) is 2.63. The number of carbonyl (C=O) groups excluding carboxylic acids is 1. The lowest BCUT2D eigenvalue weighted by molar-refractivity contribution is 0.102. The number of nitrogens with one attached hydrogen (secondary N) is 1. The molecule has 0 bridgehead atoms. The minimum atomic E-state index is -0.135. The minimum absolute atomic E-state index is 0.135. The van der Waals surface area contributed by atoms with E-state index < -0.39 is 0 Å². The highest BCUT2D eigenvalue weighted by Crippen LogP contribution is 2.24. The van der Waals surface area contributed by atoms with Crippen LogP contribution in [0, 0.1) is 11.8 Å². The van der Waals surface area contributed by atoms with Gasteiger partial charge in [0.25, 0.3) is 5.91 Å². The van der Waals surface area contributed by atoms with Gasteiger partial charge in [0.2, 0.25) is 0 Å². The molecule has 0 radical (unpaired) electrons. The first-order valence-electron chi connectivity index (χ1n) is 9.09. The van der Waals surface area contributed by atoms with Crippen LogP contribution in [-0.2, 0) is 17.9 Å². The maximum Gasteiger partial charge on any atom is 0.257 e. The Hall–Kier alpha value is -1.76. The van der Waals surface area contributed by atoms with Crippen LogP contribution in [0.25, 0.3) is 0 Å². The molecular weight excluding hydrogens is 346 g/mol. The second-order valence-corrected chi connectivity index (χ2v) is 8.23. The SMILES string of the molecule is COCc1cccc(C(=O)Nc2nc(CN3CC(C)CC(C)C3)cs2)c1. The van der Waals surface area contributed by atoms with E-state index in [1.807, 2.05) is 23.6 Å². The fourth-order valence-electron chi connectivity index (χ4n) is 3.73. The fraction of sp³-hybridized carbons (Fsp3) is 0.500. The van der Waals surface area contributed by atoms with Crippen LogP contribution < -0.4 is 5.32 Å². The zero-order valence-electron chi connectivity index (χ0n) is 15.7. The number of aromatic nitrogens is 1. The van der Waals surface area contributed by atoms with Gasteiger partial charge < -0.3 is 4.74 Å². The number of amides is 1. The maximum atomic E-state index is 12.5. The number of benzene rings is 1. The molecule has 0 saturated carbocycles. The van der Waals surface area contributed by atoms with Crippen molar-refractivity contribution in [2.45, 2.75) is 33.4 Å². The molecule has 1 N–H and O–H groups in total.